The molecule has 0 aliphatic carbocycles. The number of aryl methyl sites for hydroxylation is 2. The molecule has 2 rings (SSSR count). The van der Waals surface area contributed by atoms with E-state index in [0.717, 1.165) is 15.7 Å². The maximum absolute atomic E-state index is 11.0. The lowest BCUT2D eigenvalue weighted by Crippen LogP contribution is -2.09. The number of amides is 1. The zero-order valence-electron chi connectivity index (χ0n) is 8.82. The van der Waals surface area contributed by atoms with Crippen LogP contribution >= 0.6 is 15.9 Å². The van der Waals surface area contributed by atoms with E-state index in [-0.39, 0.29) is 5.76 Å². The van der Waals surface area contributed by atoms with E-state index in [1.54, 1.807) is 23.9 Å². The van der Waals surface area contributed by atoms with Crippen LogP contribution in [0.3, 0.4) is 0 Å². The first-order valence-corrected chi connectivity index (χ1v) is 5.38. The van der Waals surface area contributed by atoms with Gasteiger partial charge in [0.2, 0.25) is 0 Å². The maximum Gasteiger partial charge on any atom is 0.284 e. The van der Waals surface area contributed by atoms with Crippen molar-refractivity contribution in [1.29, 1.82) is 0 Å². The number of nitrogens with two attached hydrogens (primary N) is 1. The summed E-state index contributed by atoms with van der Waals surface area (Å²) in [5.74, 6) is 0.214. The topological polar surface area (TPSA) is 74.1 Å². The van der Waals surface area contributed by atoms with E-state index in [9.17, 15) is 4.79 Å². The first kappa shape index (κ1) is 10.9. The molecule has 0 bridgehead atoms. The van der Waals surface area contributed by atoms with Gasteiger partial charge < -0.3 is 10.2 Å². The van der Waals surface area contributed by atoms with Crippen LogP contribution in [-0.2, 0) is 7.05 Å². The van der Waals surface area contributed by atoms with Gasteiger partial charge in [0.15, 0.2) is 5.76 Å². The largest absolute Gasteiger partial charge is 0.456 e. The van der Waals surface area contributed by atoms with Gasteiger partial charge in [0.1, 0.15) is 5.76 Å². The summed E-state index contributed by atoms with van der Waals surface area (Å²) < 4.78 is 7.82. The fourth-order valence-corrected chi connectivity index (χ4v) is 2.11. The monoisotopic (exact) mass is 283 g/mol. The molecule has 5 nitrogen and oxygen atoms in total. The van der Waals surface area contributed by atoms with Crippen molar-refractivity contribution in [3.8, 4) is 11.3 Å². The Balaban J connectivity index is 2.61. The summed E-state index contributed by atoms with van der Waals surface area (Å²) in [4.78, 5) is 11.0. The lowest BCUT2D eigenvalue weighted by molar-refractivity contribution is 0.0972. The SMILES string of the molecule is Cc1oc(C(N)=O)cc1-c1c(Br)cnn1C. The first-order chi connectivity index (χ1) is 7.50. The van der Waals surface area contributed by atoms with Gasteiger partial charge in [-0.2, -0.15) is 5.10 Å². The average molecular weight is 284 g/mol. The van der Waals surface area contributed by atoms with Gasteiger partial charge in [-0.25, -0.2) is 0 Å². The molecule has 0 saturated carbocycles. The molecule has 2 heterocycles. The molecule has 0 unspecified atom stereocenters. The molecule has 0 aliphatic rings. The van der Waals surface area contributed by atoms with Crippen LogP contribution in [0.15, 0.2) is 21.2 Å². The number of carbonyl (C=O) groups is 1. The quantitative estimate of drug-likeness (QED) is 0.914. The Morgan fingerprint density at radius 3 is 2.75 bits per heavy atom. The van der Waals surface area contributed by atoms with Gasteiger partial charge >= 0.3 is 0 Å². The van der Waals surface area contributed by atoms with Crippen molar-refractivity contribution in [2.75, 3.05) is 0 Å². The second kappa shape index (κ2) is 3.79. The number of carbonyl (C=O) groups excluding carboxylic acids is 1. The Kier molecular flexibility index (Phi) is 2.59. The molecular weight excluding hydrogens is 274 g/mol. The Morgan fingerprint density at radius 2 is 2.31 bits per heavy atom. The Hall–Kier alpha value is -1.56. The summed E-state index contributed by atoms with van der Waals surface area (Å²) in [6, 6.07) is 1.62. The molecule has 6 heteroatoms. The van der Waals surface area contributed by atoms with Crippen molar-refractivity contribution in [3.05, 3.63) is 28.3 Å². The van der Waals surface area contributed by atoms with Crippen LogP contribution in [-0.4, -0.2) is 15.7 Å². The summed E-state index contributed by atoms with van der Waals surface area (Å²) in [5.41, 5.74) is 6.82. The number of furan rings is 1. The van der Waals surface area contributed by atoms with Gasteiger partial charge in [0.25, 0.3) is 5.91 Å². The lowest BCUT2D eigenvalue weighted by atomic mass is 10.2. The third-order valence-corrected chi connectivity index (χ3v) is 2.89. The molecule has 0 aromatic carbocycles. The summed E-state index contributed by atoms with van der Waals surface area (Å²) in [5, 5.41) is 4.10. The number of rotatable bonds is 2. The second-order valence-electron chi connectivity index (χ2n) is 3.41. The Bertz CT molecular complexity index is 537. The smallest absolute Gasteiger partial charge is 0.284 e. The third kappa shape index (κ3) is 1.65. The van der Waals surface area contributed by atoms with Crippen molar-refractivity contribution < 1.29 is 9.21 Å². The van der Waals surface area contributed by atoms with Crippen LogP contribution in [0.5, 0.6) is 0 Å². The van der Waals surface area contributed by atoms with Gasteiger partial charge in [-0.3, -0.25) is 9.48 Å². The predicted octanol–water partition coefficient (Wildman–Crippen LogP) is 1.85. The van der Waals surface area contributed by atoms with E-state index in [2.05, 4.69) is 21.0 Å². The van der Waals surface area contributed by atoms with Crippen LogP contribution in [0.25, 0.3) is 11.3 Å². The molecule has 0 atom stereocenters. The molecule has 16 heavy (non-hydrogen) atoms. The molecule has 84 valence electrons. The fourth-order valence-electron chi connectivity index (χ4n) is 1.55. The molecule has 1 amide bonds. The number of aromatic nitrogens is 2. The highest BCUT2D eigenvalue weighted by molar-refractivity contribution is 9.10. The molecule has 0 spiro atoms. The minimum atomic E-state index is -0.576. The molecule has 0 radical (unpaired) electrons. The molecule has 2 aromatic rings. The van der Waals surface area contributed by atoms with Crippen molar-refractivity contribution in [3.63, 3.8) is 0 Å². The minimum absolute atomic E-state index is 0.153. The zero-order valence-corrected chi connectivity index (χ0v) is 10.4. The van der Waals surface area contributed by atoms with Gasteiger partial charge in [0, 0.05) is 12.6 Å². The van der Waals surface area contributed by atoms with Crippen molar-refractivity contribution >= 4 is 21.8 Å². The molecular formula is C10H10BrN3O2. The van der Waals surface area contributed by atoms with E-state index in [4.69, 9.17) is 10.2 Å². The highest BCUT2D eigenvalue weighted by Crippen LogP contribution is 2.31. The van der Waals surface area contributed by atoms with Crippen LogP contribution in [0, 0.1) is 6.92 Å². The lowest BCUT2D eigenvalue weighted by Gasteiger charge is -2.00. The van der Waals surface area contributed by atoms with E-state index >= 15 is 0 Å². The van der Waals surface area contributed by atoms with E-state index in [0.29, 0.717) is 5.76 Å². The van der Waals surface area contributed by atoms with Crippen molar-refractivity contribution in [2.45, 2.75) is 6.92 Å². The van der Waals surface area contributed by atoms with Gasteiger partial charge in [-0.1, -0.05) is 0 Å². The number of hydrogen-bond donors (Lipinski definition) is 1. The van der Waals surface area contributed by atoms with Gasteiger partial charge in [-0.15, -0.1) is 0 Å². The predicted molar refractivity (Wildman–Crippen MR) is 61.9 cm³/mol. The fraction of sp³-hybridized carbons (Fsp3) is 0.200. The Labute approximate surface area is 100 Å². The van der Waals surface area contributed by atoms with E-state index in [1.807, 2.05) is 7.05 Å². The summed E-state index contributed by atoms with van der Waals surface area (Å²) in [7, 11) is 1.82. The molecule has 2 aromatic heterocycles. The normalized spacial score (nSPS) is 10.7. The third-order valence-electron chi connectivity index (χ3n) is 2.31. The highest BCUT2D eigenvalue weighted by atomic mass is 79.9. The van der Waals surface area contributed by atoms with Crippen molar-refractivity contribution in [1.82, 2.24) is 9.78 Å². The van der Waals surface area contributed by atoms with Gasteiger partial charge in [0.05, 0.1) is 16.4 Å². The van der Waals surface area contributed by atoms with Gasteiger partial charge in [-0.05, 0) is 28.9 Å². The average Bonchev–Trinajstić information content (AvgIpc) is 2.71. The number of halogens is 1. The summed E-state index contributed by atoms with van der Waals surface area (Å²) in [6.45, 7) is 1.78. The van der Waals surface area contributed by atoms with E-state index < -0.39 is 5.91 Å². The van der Waals surface area contributed by atoms with Crippen LogP contribution in [0.4, 0.5) is 0 Å². The number of primary amides is 1. The number of nitrogens with zero attached hydrogens (tertiary/aromatic N) is 2. The second-order valence-corrected chi connectivity index (χ2v) is 4.26. The standard InChI is InChI=1S/C10H10BrN3O2/c1-5-6(3-8(16-5)10(12)15)9-7(11)4-13-14(9)2/h3-4H,1-2H3,(H2,12,15). The van der Waals surface area contributed by atoms with Crippen LogP contribution in [0.2, 0.25) is 0 Å². The molecule has 0 fully saturated rings. The van der Waals surface area contributed by atoms with Crippen molar-refractivity contribution in [2.24, 2.45) is 12.8 Å². The first-order valence-electron chi connectivity index (χ1n) is 4.59. The summed E-state index contributed by atoms with van der Waals surface area (Å²) >= 11 is 3.39. The minimum Gasteiger partial charge on any atom is -0.456 e. The van der Waals surface area contributed by atoms with E-state index in [1.165, 1.54) is 0 Å². The molecule has 2 N–H and O–H groups in total. The maximum atomic E-state index is 11.0. The number of hydrogen-bond acceptors (Lipinski definition) is 3. The highest BCUT2D eigenvalue weighted by Gasteiger charge is 2.17. The van der Waals surface area contributed by atoms with Crippen LogP contribution in [0.1, 0.15) is 16.3 Å². The molecule has 0 aliphatic heterocycles. The summed E-state index contributed by atoms with van der Waals surface area (Å²) in [6.07, 6.45) is 1.69. The zero-order chi connectivity index (χ0) is 11.9. The Morgan fingerprint density at radius 1 is 1.62 bits per heavy atom. The molecule has 0 saturated heterocycles. The van der Waals surface area contributed by atoms with Crippen LogP contribution < -0.4 is 5.73 Å².